The molecule has 0 aliphatic heterocycles. The van der Waals surface area contributed by atoms with E-state index in [1.165, 1.54) is 6.20 Å². The molecule has 0 amide bonds. The van der Waals surface area contributed by atoms with Crippen LogP contribution >= 0.6 is 0 Å². The summed E-state index contributed by atoms with van der Waals surface area (Å²) >= 11 is 0. The van der Waals surface area contributed by atoms with Crippen LogP contribution in [0.2, 0.25) is 0 Å². The molecule has 0 radical (unpaired) electrons. The third-order valence-electron chi connectivity index (χ3n) is 1.90. The third kappa shape index (κ3) is 5.04. The van der Waals surface area contributed by atoms with Gasteiger partial charge in [0.05, 0.1) is 12.8 Å². The van der Waals surface area contributed by atoms with Crippen LogP contribution in [0.25, 0.3) is 5.65 Å². The van der Waals surface area contributed by atoms with Crippen molar-refractivity contribution < 1.29 is 27.1 Å². The van der Waals surface area contributed by atoms with Crippen LogP contribution in [0, 0.1) is 0 Å². The van der Waals surface area contributed by atoms with Crippen LogP contribution in [-0.2, 0) is 15.1 Å². The van der Waals surface area contributed by atoms with Gasteiger partial charge < -0.3 is 4.74 Å². The van der Waals surface area contributed by atoms with Crippen LogP contribution in [-0.4, -0.2) is 39.5 Å². The number of nitrogens with zero attached hydrogens (tertiary/aromatic N) is 2. The third-order valence-corrected chi connectivity index (χ3v) is 1.90. The largest absolute Gasteiger partial charge is 0.461 e. The summed E-state index contributed by atoms with van der Waals surface area (Å²) in [7, 11) is -4.67. The van der Waals surface area contributed by atoms with E-state index in [-0.39, 0.29) is 5.97 Å². The summed E-state index contributed by atoms with van der Waals surface area (Å²) < 4.78 is 38.2. The normalized spacial score (nSPS) is 10.7. The first-order valence-corrected chi connectivity index (χ1v) is 6.51. The number of pyridine rings is 1. The van der Waals surface area contributed by atoms with Crippen molar-refractivity contribution in [3.8, 4) is 0 Å². The predicted octanol–water partition coefficient (Wildman–Crippen LogP) is 0.858. The van der Waals surface area contributed by atoms with Gasteiger partial charge in [0.25, 0.3) is 0 Å². The zero-order valence-corrected chi connectivity index (χ0v) is 10.7. The number of carbonyl (C=O) groups excluding carboxylic acids is 1. The van der Waals surface area contributed by atoms with Crippen molar-refractivity contribution in [2.75, 3.05) is 6.61 Å². The number of esters is 1. The van der Waals surface area contributed by atoms with E-state index in [0.717, 1.165) is 5.65 Å². The van der Waals surface area contributed by atoms with E-state index in [0.29, 0.717) is 12.3 Å². The number of carbonyl (C=O) groups is 1. The van der Waals surface area contributed by atoms with E-state index in [2.05, 4.69) is 4.98 Å². The number of rotatable bonds is 2. The van der Waals surface area contributed by atoms with Crippen LogP contribution in [0.1, 0.15) is 17.4 Å². The van der Waals surface area contributed by atoms with Crippen molar-refractivity contribution in [1.29, 1.82) is 0 Å². The Bertz CT molecular complexity index is 655. The number of hydrogen-bond acceptors (Lipinski definition) is 5. The Labute approximate surface area is 109 Å². The Balaban J connectivity index is 0.000000312. The second kappa shape index (κ2) is 6.27. The summed E-state index contributed by atoms with van der Waals surface area (Å²) in [5.74, 6) is -0.341. The van der Waals surface area contributed by atoms with E-state index < -0.39 is 10.4 Å². The fraction of sp³-hybridized carbons (Fsp3) is 0.200. The van der Waals surface area contributed by atoms with Crippen molar-refractivity contribution in [3.63, 3.8) is 0 Å². The molecule has 0 aliphatic carbocycles. The fourth-order valence-corrected chi connectivity index (χ4v) is 1.29. The van der Waals surface area contributed by atoms with Crippen LogP contribution in [0.3, 0.4) is 0 Å². The monoisotopic (exact) mass is 288 g/mol. The van der Waals surface area contributed by atoms with Gasteiger partial charge in [0, 0.05) is 6.20 Å². The molecule has 8 nitrogen and oxygen atoms in total. The molecule has 0 saturated heterocycles. The van der Waals surface area contributed by atoms with Gasteiger partial charge in [-0.25, -0.2) is 9.78 Å². The van der Waals surface area contributed by atoms with Crippen LogP contribution in [0.5, 0.6) is 0 Å². The first-order chi connectivity index (χ1) is 8.83. The van der Waals surface area contributed by atoms with Crippen molar-refractivity contribution in [2.45, 2.75) is 6.92 Å². The minimum atomic E-state index is -4.67. The topological polar surface area (TPSA) is 118 Å². The molecule has 0 bridgehead atoms. The molecule has 0 aromatic carbocycles. The van der Waals surface area contributed by atoms with Crippen LogP contribution < -0.4 is 0 Å². The lowest BCUT2D eigenvalue weighted by atomic mass is 10.4. The van der Waals surface area contributed by atoms with E-state index in [1.54, 1.807) is 17.5 Å². The minimum absolute atomic E-state index is 0.341. The molecule has 0 atom stereocenters. The smallest absolute Gasteiger partial charge is 0.394 e. The van der Waals surface area contributed by atoms with Crippen LogP contribution in [0.4, 0.5) is 0 Å². The molecule has 19 heavy (non-hydrogen) atoms. The minimum Gasteiger partial charge on any atom is -0.461 e. The molecule has 0 fully saturated rings. The Morgan fingerprint density at radius 2 is 2.05 bits per heavy atom. The molecule has 2 aromatic heterocycles. The number of hydrogen-bond donors (Lipinski definition) is 2. The zero-order valence-electron chi connectivity index (χ0n) is 9.92. The fourth-order valence-electron chi connectivity index (χ4n) is 1.29. The Hall–Kier alpha value is -1.97. The van der Waals surface area contributed by atoms with Gasteiger partial charge in [0.2, 0.25) is 0 Å². The number of imidazole rings is 1. The van der Waals surface area contributed by atoms with E-state index in [1.807, 2.05) is 18.2 Å². The molecule has 0 aliphatic rings. The Kier molecular flexibility index (Phi) is 4.98. The molecule has 2 N–H and O–H groups in total. The zero-order chi connectivity index (χ0) is 14.5. The summed E-state index contributed by atoms with van der Waals surface area (Å²) in [5.41, 5.74) is 1.21. The number of ether oxygens (including phenoxy) is 1. The highest BCUT2D eigenvalue weighted by Crippen LogP contribution is 2.06. The SMILES string of the molecule is CCOC(=O)c1cnc2ccccn12.O=S(=O)(O)O. The lowest BCUT2D eigenvalue weighted by molar-refractivity contribution is 0.0518. The maximum Gasteiger partial charge on any atom is 0.394 e. The van der Waals surface area contributed by atoms with E-state index in [4.69, 9.17) is 22.3 Å². The highest BCUT2D eigenvalue weighted by molar-refractivity contribution is 7.79. The first kappa shape index (κ1) is 15.1. The van der Waals surface area contributed by atoms with Gasteiger partial charge in [-0.2, -0.15) is 8.42 Å². The Morgan fingerprint density at radius 3 is 2.63 bits per heavy atom. The van der Waals surface area contributed by atoms with E-state index in [9.17, 15) is 4.79 Å². The van der Waals surface area contributed by atoms with Crippen molar-refractivity contribution in [1.82, 2.24) is 9.38 Å². The highest BCUT2D eigenvalue weighted by atomic mass is 32.3. The summed E-state index contributed by atoms with van der Waals surface area (Å²) in [6.07, 6.45) is 3.31. The molecule has 2 aromatic rings. The van der Waals surface area contributed by atoms with Gasteiger partial charge in [0.1, 0.15) is 5.65 Å². The van der Waals surface area contributed by atoms with Crippen molar-refractivity contribution >= 4 is 22.0 Å². The molecule has 104 valence electrons. The molecule has 2 heterocycles. The average Bonchev–Trinajstić information content (AvgIpc) is 2.70. The van der Waals surface area contributed by atoms with Gasteiger partial charge in [-0.1, -0.05) is 6.07 Å². The van der Waals surface area contributed by atoms with E-state index >= 15 is 0 Å². The maximum atomic E-state index is 11.4. The summed E-state index contributed by atoms with van der Waals surface area (Å²) in [4.78, 5) is 15.5. The molecule has 0 unspecified atom stereocenters. The average molecular weight is 288 g/mol. The highest BCUT2D eigenvalue weighted by Gasteiger charge is 2.11. The lowest BCUT2D eigenvalue weighted by Crippen LogP contribution is -2.07. The summed E-state index contributed by atoms with van der Waals surface area (Å²) in [6.45, 7) is 2.15. The van der Waals surface area contributed by atoms with Gasteiger partial charge in [-0.15, -0.1) is 0 Å². The second-order valence-electron chi connectivity index (χ2n) is 3.24. The predicted molar refractivity (Wildman–Crippen MR) is 65.3 cm³/mol. The number of aromatic nitrogens is 2. The Morgan fingerprint density at radius 1 is 1.42 bits per heavy atom. The number of fused-ring (bicyclic) bond motifs is 1. The van der Waals surface area contributed by atoms with Gasteiger partial charge in [-0.05, 0) is 19.1 Å². The molecule has 2 rings (SSSR count). The summed E-state index contributed by atoms with van der Waals surface area (Å²) in [6, 6.07) is 5.55. The van der Waals surface area contributed by atoms with Gasteiger partial charge >= 0.3 is 16.4 Å². The molecule has 9 heteroatoms. The lowest BCUT2D eigenvalue weighted by Gasteiger charge is -2.00. The van der Waals surface area contributed by atoms with Gasteiger partial charge in [0.15, 0.2) is 5.69 Å². The molecular formula is C10H12N2O6S. The van der Waals surface area contributed by atoms with Crippen molar-refractivity contribution in [3.05, 3.63) is 36.3 Å². The second-order valence-corrected chi connectivity index (χ2v) is 4.14. The first-order valence-electron chi connectivity index (χ1n) is 5.12. The summed E-state index contributed by atoms with van der Waals surface area (Å²) in [5, 5.41) is 0. The quantitative estimate of drug-likeness (QED) is 0.621. The standard InChI is InChI=1S/C10H10N2O2.H2O4S/c1-2-14-10(13)8-7-11-9-5-3-4-6-12(8)9;1-5(2,3)4/h3-7H,2H2,1H3;(H2,1,2,3,4). The van der Waals surface area contributed by atoms with Crippen LogP contribution in [0.15, 0.2) is 30.6 Å². The molecule has 0 saturated carbocycles. The molecule has 0 spiro atoms. The van der Waals surface area contributed by atoms with Crippen molar-refractivity contribution in [2.24, 2.45) is 0 Å². The van der Waals surface area contributed by atoms with Gasteiger partial charge in [-0.3, -0.25) is 13.5 Å². The molecular weight excluding hydrogens is 276 g/mol. The maximum absolute atomic E-state index is 11.4.